The second-order valence-corrected chi connectivity index (χ2v) is 3.68. The molecule has 7 nitrogen and oxygen atoms in total. The molecular formula is C12H13N3O4. The molecule has 0 aliphatic rings. The van der Waals surface area contributed by atoms with Crippen LogP contribution in [0.1, 0.15) is 10.4 Å². The average molecular weight is 263 g/mol. The number of aromatic nitrogens is 2. The van der Waals surface area contributed by atoms with E-state index in [1.807, 2.05) is 0 Å². The number of fused-ring (bicyclic) bond motifs is 1. The number of pyridine rings is 1. The lowest BCUT2D eigenvalue weighted by Crippen LogP contribution is -2.32. The summed E-state index contributed by atoms with van der Waals surface area (Å²) in [6, 6.07) is 5.13. The van der Waals surface area contributed by atoms with Crippen molar-refractivity contribution >= 4 is 11.6 Å². The largest absolute Gasteiger partial charge is 0.382 e. The predicted octanol–water partition coefficient (Wildman–Crippen LogP) is 0.00230. The van der Waals surface area contributed by atoms with Crippen molar-refractivity contribution in [2.75, 3.05) is 20.3 Å². The van der Waals surface area contributed by atoms with Crippen LogP contribution >= 0.6 is 0 Å². The van der Waals surface area contributed by atoms with Crippen molar-refractivity contribution in [3.63, 3.8) is 0 Å². The third-order valence-corrected chi connectivity index (χ3v) is 2.41. The molecule has 0 saturated heterocycles. The fourth-order valence-corrected chi connectivity index (χ4v) is 1.48. The van der Waals surface area contributed by atoms with E-state index < -0.39 is 11.5 Å². The fraction of sp³-hybridized carbons (Fsp3) is 0.250. The topological polar surface area (TPSA) is 81.9 Å². The Bertz CT molecular complexity index is 638. The van der Waals surface area contributed by atoms with Gasteiger partial charge in [-0.05, 0) is 12.1 Å². The number of hydroxylamine groups is 1. The molecule has 100 valence electrons. The van der Waals surface area contributed by atoms with Crippen LogP contribution in [0, 0.1) is 0 Å². The van der Waals surface area contributed by atoms with Gasteiger partial charge >= 0.3 is 0 Å². The standard InChI is InChI=1S/C12H13N3O4/c1-18-6-7-19-14-11(16)9-8-13-10-4-2-3-5-15(10)12(9)17/h2-5,8H,6-7H2,1H3,(H,14,16). The van der Waals surface area contributed by atoms with Crippen LogP contribution in [-0.4, -0.2) is 35.6 Å². The highest BCUT2D eigenvalue weighted by Crippen LogP contribution is 1.97. The minimum absolute atomic E-state index is 0.0823. The molecule has 0 radical (unpaired) electrons. The molecule has 0 bridgehead atoms. The molecule has 2 rings (SSSR count). The summed E-state index contributed by atoms with van der Waals surface area (Å²) in [6.45, 7) is 0.541. The van der Waals surface area contributed by atoms with E-state index in [2.05, 4.69) is 10.5 Å². The minimum atomic E-state index is -0.633. The van der Waals surface area contributed by atoms with Gasteiger partial charge in [0.1, 0.15) is 11.2 Å². The zero-order valence-corrected chi connectivity index (χ0v) is 10.3. The molecule has 0 spiro atoms. The molecular weight excluding hydrogens is 250 g/mol. The molecule has 7 heteroatoms. The lowest BCUT2D eigenvalue weighted by Gasteiger charge is -2.05. The van der Waals surface area contributed by atoms with Gasteiger partial charge < -0.3 is 4.74 Å². The van der Waals surface area contributed by atoms with Gasteiger partial charge in [-0.2, -0.15) is 0 Å². The van der Waals surface area contributed by atoms with E-state index >= 15 is 0 Å². The Balaban J connectivity index is 2.18. The summed E-state index contributed by atoms with van der Waals surface area (Å²) in [5.74, 6) is -0.633. The van der Waals surface area contributed by atoms with E-state index in [9.17, 15) is 9.59 Å². The van der Waals surface area contributed by atoms with Crippen molar-refractivity contribution in [3.8, 4) is 0 Å². The number of nitrogens with zero attached hydrogens (tertiary/aromatic N) is 2. The van der Waals surface area contributed by atoms with Crippen molar-refractivity contribution in [3.05, 3.63) is 46.5 Å². The van der Waals surface area contributed by atoms with Crippen LogP contribution in [0.4, 0.5) is 0 Å². The third-order valence-electron chi connectivity index (χ3n) is 2.41. The van der Waals surface area contributed by atoms with Crippen molar-refractivity contribution < 1.29 is 14.4 Å². The van der Waals surface area contributed by atoms with E-state index in [1.165, 1.54) is 17.7 Å². The molecule has 1 N–H and O–H groups in total. The fourth-order valence-electron chi connectivity index (χ4n) is 1.48. The summed E-state index contributed by atoms with van der Waals surface area (Å²) in [5.41, 5.74) is 2.12. The summed E-state index contributed by atoms with van der Waals surface area (Å²) < 4.78 is 6.05. The lowest BCUT2D eigenvalue weighted by molar-refractivity contribution is 0.00876. The highest BCUT2D eigenvalue weighted by molar-refractivity contribution is 5.92. The normalized spacial score (nSPS) is 10.6. The second-order valence-electron chi connectivity index (χ2n) is 3.68. The number of nitrogens with one attached hydrogen (secondary N) is 1. The van der Waals surface area contributed by atoms with Crippen molar-refractivity contribution in [2.24, 2.45) is 0 Å². The summed E-state index contributed by atoms with van der Waals surface area (Å²) in [5, 5.41) is 0. The second kappa shape index (κ2) is 6.07. The van der Waals surface area contributed by atoms with Crippen LogP contribution in [0.15, 0.2) is 35.4 Å². The first-order chi connectivity index (χ1) is 9.24. The van der Waals surface area contributed by atoms with E-state index in [1.54, 1.807) is 24.4 Å². The summed E-state index contributed by atoms with van der Waals surface area (Å²) in [4.78, 5) is 32.7. The Kier molecular flexibility index (Phi) is 4.22. The number of hydrogen-bond acceptors (Lipinski definition) is 5. The first-order valence-electron chi connectivity index (χ1n) is 5.61. The molecule has 2 heterocycles. The number of hydrogen-bond donors (Lipinski definition) is 1. The molecule has 0 aromatic carbocycles. The van der Waals surface area contributed by atoms with Crippen LogP contribution in [0.3, 0.4) is 0 Å². The van der Waals surface area contributed by atoms with E-state index in [0.29, 0.717) is 12.3 Å². The number of carbonyl (C=O) groups is 1. The lowest BCUT2D eigenvalue weighted by atomic mass is 10.3. The van der Waals surface area contributed by atoms with Gasteiger partial charge in [0.15, 0.2) is 0 Å². The summed E-state index contributed by atoms with van der Waals surface area (Å²) in [7, 11) is 1.52. The molecule has 2 aromatic heterocycles. The van der Waals surface area contributed by atoms with Crippen molar-refractivity contribution in [2.45, 2.75) is 0 Å². The number of amides is 1. The van der Waals surface area contributed by atoms with Gasteiger partial charge in [0.05, 0.1) is 13.2 Å². The number of rotatable bonds is 5. The maximum atomic E-state index is 12.0. The number of methoxy groups -OCH3 is 1. The van der Waals surface area contributed by atoms with Gasteiger partial charge in [0.25, 0.3) is 11.5 Å². The first-order valence-corrected chi connectivity index (χ1v) is 5.61. The van der Waals surface area contributed by atoms with E-state index in [-0.39, 0.29) is 12.2 Å². The van der Waals surface area contributed by atoms with Crippen molar-refractivity contribution in [1.29, 1.82) is 0 Å². The molecule has 0 atom stereocenters. The Morgan fingerprint density at radius 1 is 1.42 bits per heavy atom. The summed E-state index contributed by atoms with van der Waals surface area (Å²) >= 11 is 0. The van der Waals surface area contributed by atoms with Gasteiger partial charge in [-0.3, -0.25) is 18.8 Å². The molecule has 0 fully saturated rings. The zero-order chi connectivity index (χ0) is 13.7. The SMILES string of the molecule is COCCONC(=O)c1cnc2ccccn2c1=O. The molecule has 1 amide bonds. The molecule has 2 aromatic rings. The highest BCUT2D eigenvalue weighted by atomic mass is 16.7. The molecule has 0 saturated carbocycles. The number of carbonyl (C=O) groups excluding carboxylic acids is 1. The Morgan fingerprint density at radius 3 is 3.05 bits per heavy atom. The van der Waals surface area contributed by atoms with E-state index in [4.69, 9.17) is 9.57 Å². The third kappa shape index (κ3) is 2.95. The highest BCUT2D eigenvalue weighted by Gasteiger charge is 2.12. The zero-order valence-electron chi connectivity index (χ0n) is 10.3. The first kappa shape index (κ1) is 13.2. The van der Waals surface area contributed by atoms with Crippen molar-refractivity contribution in [1.82, 2.24) is 14.9 Å². The van der Waals surface area contributed by atoms with Crippen LogP contribution in [0.25, 0.3) is 5.65 Å². The molecule has 0 unspecified atom stereocenters. The van der Waals surface area contributed by atoms with Crippen LogP contribution < -0.4 is 11.0 Å². The van der Waals surface area contributed by atoms with Crippen LogP contribution in [0.2, 0.25) is 0 Å². The van der Waals surface area contributed by atoms with Gasteiger partial charge in [0.2, 0.25) is 0 Å². The number of ether oxygens (including phenoxy) is 1. The Hall–Kier alpha value is -2.25. The molecule has 0 aliphatic carbocycles. The van der Waals surface area contributed by atoms with Crippen LogP contribution in [0.5, 0.6) is 0 Å². The maximum absolute atomic E-state index is 12.0. The average Bonchev–Trinajstić information content (AvgIpc) is 2.44. The van der Waals surface area contributed by atoms with Gasteiger partial charge in [-0.15, -0.1) is 0 Å². The van der Waals surface area contributed by atoms with Gasteiger partial charge in [-0.1, -0.05) is 6.07 Å². The Morgan fingerprint density at radius 2 is 2.26 bits per heavy atom. The Labute approximate surface area is 108 Å². The predicted molar refractivity (Wildman–Crippen MR) is 66.8 cm³/mol. The molecule has 19 heavy (non-hydrogen) atoms. The maximum Gasteiger partial charge on any atom is 0.282 e. The monoisotopic (exact) mass is 263 g/mol. The molecule has 0 aliphatic heterocycles. The van der Waals surface area contributed by atoms with Crippen LogP contribution in [-0.2, 0) is 9.57 Å². The van der Waals surface area contributed by atoms with Gasteiger partial charge in [0, 0.05) is 19.5 Å². The summed E-state index contributed by atoms with van der Waals surface area (Å²) in [6.07, 6.45) is 2.78. The van der Waals surface area contributed by atoms with E-state index in [0.717, 1.165) is 0 Å². The van der Waals surface area contributed by atoms with Gasteiger partial charge in [-0.25, -0.2) is 10.5 Å². The quantitative estimate of drug-likeness (QED) is 0.606. The smallest absolute Gasteiger partial charge is 0.282 e. The minimum Gasteiger partial charge on any atom is -0.382 e.